The molecule has 4 nitrogen and oxygen atoms in total. The Morgan fingerprint density at radius 2 is 1.80 bits per heavy atom. The summed E-state index contributed by atoms with van der Waals surface area (Å²) in [5, 5.41) is 0. The van der Waals surface area contributed by atoms with Crippen molar-refractivity contribution in [2.24, 2.45) is 17.4 Å². The molecule has 6 heteroatoms. The third-order valence-corrected chi connectivity index (χ3v) is 4.55. The van der Waals surface area contributed by atoms with Gasteiger partial charge in [0.25, 0.3) is 0 Å². The third kappa shape index (κ3) is 6.81. The first-order chi connectivity index (χ1) is 6.99. The second kappa shape index (κ2) is 8.01. The fourth-order valence-corrected chi connectivity index (χ4v) is 3.50. The maximum atomic E-state index is 11.1. The summed E-state index contributed by atoms with van der Waals surface area (Å²) in [5.41, 5.74) is 10.5. The molecule has 0 spiro atoms. The van der Waals surface area contributed by atoms with Crippen LogP contribution in [0.5, 0.6) is 0 Å². The lowest BCUT2D eigenvalue weighted by molar-refractivity contribution is -0.120. The van der Waals surface area contributed by atoms with E-state index < -0.39 is 11.9 Å². The number of carbonyl (C=O) groups excluding carboxylic acids is 2. The summed E-state index contributed by atoms with van der Waals surface area (Å²) in [4.78, 5) is 21.7. The molecule has 0 saturated carbocycles. The van der Waals surface area contributed by atoms with Crippen LogP contribution in [-0.4, -0.2) is 29.2 Å². The van der Waals surface area contributed by atoms with Crippen molar-refractivity contribution >= 4 is 33.3 Å². The van der Waals surface area contributed by atoms with E-state index in [2.05, 4.69) is 0 Å². The van der Waals surface area contributed by atoms with Gasteiger partial charge in [0.15, 0.2) is 0 Å². The van der Waals surface area contributed by atoms with Gasteiger partial charge in [-0.2, -0.15) is 0 Å². The second-order valence-electron chi connectivity index (χ2n) is 3.29. The molecule has 0 heterocycles. The number of ketones is 1. The zero-order valence-corrected chi connectivity index (χ0v) is 10.7. The van der Waals surface area contributed by atoms with Crippen molar-refractivity contribution in [1.29, 1.82) is 0 Å². The second-order valence-corrected chi connectivity index (χ2v) is 5.85. The molecule has 0 aromatic heterocycles. The van der Waals surface area contributed by atoms with Crippen molar-refractivity contribution in [3.63, 3.8) is 0 Å². The number of primary amides is 1. The van der Waals surface area contributed by atoms with Crippen LogP contribution in [0.25, 0.3) is 0 Å². The highest BCUT2D eigenvalue weighted by Crippen LogP contribution is 2.25. The maximum absolute atomic E-state index is 11.1. The fourth-order valence-electron chi connectivity index (χ4n) is 0.856. The van der Waals surface area contributed by atoms with Crippen molar-refractivity contribution in [3.8, 4) is 0 Å². The van der Waals surface area contributed by atoms with Crippen molar-refractivity contribution in [1.82, 2.24) is 0 Å². The maximum Gasteiger partial charge on any atom is 0.235 e. The number of rotatable bonds is 8. The van der Waals surface area contributed by atoms with Crippen LogP contribution in [0.4, 0.5) is 0 Å². The van der Waals surface area contributed by atoms with Crippen molar-refractivity contribution in [2.75, 3.05) is 11.5 Å². The molecule has 0 bridgehead atoms. The molecule has 0 aromatic carbocycles. The lowest BCUT2D eigenvalue weighted by atomic mass is 10.1. The van der Waals surface area contributed by atoms with Gasteiger partial charge >= 0.3 is 0 Å². The summed E-state index contributed by atoms with van der Waals surface area (Å²) in [6.45, 7) is 3.60. The Balaban J connectivity index is 3.61. The molecule has 1 amide bonds. The number of amides is 1. The van der Waals surface area contributed by atoms with Crippen LogP contribution in [0.1, 0.15) is 20.3 Å². The van der Waals surface area contributed by atoms with Crippen LogP contribution >= 0.6 is 21.6 Å². The summed E-state index contributed by atoms with van der Waals surface area (Å²) in [6, 6.07) is -0.597. The zero-order valence-electron chi connectivity index (χ0n) is 9.06. The first-order valence-corrected chi connectivity index (χ1v) is 7.27. The quantitative estimate of drug-likeness (QED) is 0.491. The van der Waals surface area contributed by atoms with E-state index in [-0.39, 0.29) is 11.7 Å². The minimum Gasteiger partial charge on any atom is -0.368 e. The van der Waals surface area contributed by atoms with Crippen LogP contribution in [0.15, 0.2) is 0 Å². The predicted molar refractivity (Wildman–Crippen MR) is 66.5 cm³/mol. The van der Waals surface area contributed by atoms with Crippen LogP contribution in [0.2, 0.25) is 0 Å². The molecule has 0 aliphatic rings. The van der Waals surface area contributed by atoms with E-state index in [1.54, 1.807) is 17.7 Å². The van der Waals surface area contributed by atoms with Crippen LogP contribution in [-0.2, 0) is 9.59 Å². The highest BCUT2D eigenvalue weighted by atomic mass is 33.1. The van der Waals surface area contributed by atoms with Crippen LogP contribution in [0.3, 0.4) is 0 Å². The zero-order chi connectivity index (χ0) is 11.8. The SMILES string of the molecule is CCC(CSSCC(N)C(N)=O)C(C)=O. The Morgan fingerprint density at radius 1 is 1.27 bits per heavy atom. The van der Waals surface area contributed by atoms with Gasteiger partial charge in [0, 0.05) is 17.4 Å². The standard InChI is InChI=1S/C9H18N2O2S2/c1-3-7(6(2)12)4-14-15-5-8(10)9(11)13/h7-8H,3-5,10H2,1-2H3,(H2,11,13). The Kier molecular flexibility index (Phi) is 7.90. The molecule has 0 saturated heterocycles. The van der Waals surface area contributed by atoms with E-state index in [0.29, 0.717) is 5.75 Å². The number of hydrogen-bond acceptors (Lipinski definition) is 5. The summed E-state index contributed by atoms with van der Waals surface area (Å²) in [6.07, 6.45) is 0.852. The largest absolute Gasteiger partial charge is 0.368 e. The van der Waals surface area contributed by atoms with E-state index in [1.165, 1.54) is 10.8 Å². The predicted octanol–water partition coefficient (Wildman–Crippen LogP) is 0.796. The highest BCUT2D eigenvalue weighted by molar-refractivity contribution is 8.76. The van der Waals surface area contributed by atoms with Gasteiger partial charge in [-0.3, -0.25) is 9.59 Å². The number of carbonyl (C=O) groups is 2. The molecule has 88 valence electrons. The number of hydrogen-bond donors (Lipinski definition) is 2. The third-order valence-electron chi connectivity index (χ3n) is 2.03. The summed E-state index contributed by atoms with van der Waals surface area (Å²) in [7, 11) is 3.06. The summed E-state index contributed by atoms with van der Waals surface area (Å²) in [5.74, 6) is 1.09. The monoisotopic (exact) mass is 250 g/mol. The van der Waals surface area contributed by atoms with Gasteiger partial charge in [0.1, 0.15) is 5.78 Å². The van der Waals surface area contributed by atoms with Gasteiger partial charge in [-0.1, -0.05) is 28.5 Å². The average Bonchev–Trinajstić information content (AvgIpc) is 2.16. The van der Waals surface area contributed by atoms with Gasteiger partial charge in [0.2, 0.25) is 5.91 Å². The molecule has 0 radical (unpaired) electrons. The van der Waals surface area contributed by atoms with Gasteiger partial charge in [-0.25, -0.2) is 0 Å². The molecule has 0 aromatic rings. The lowest BCUT2D eigenvalue weighted by Gasteiger charge is -2.10. The first kappa shape index (κ1) is 14.8. The highest BCUT2D eigenvalue weighted by Gasteiger charge is 2.13. The normalized spacial score (nSPS) is 14.6. The van der Waals surface area contributed by atoms with Crippen molar-refractivity contribution in [2.45, 2.75) is 26.3 Å². The van der Waals surface area contributed by atoms with Gasteiger partial charge in [-0.15, -0.1) is 0 Å². The van der Waals surface area contributed by atoms with Gasteiger partial charge < -0.3 is 11.5 Å². The van der Waals surface area contributed by atoms with E-state index >= 15 is 0 Å². The van der Waals surface area contributed by atoms with Gasteiger partial charge in [0.05, 0.1) is 6.04 Å². The molecule has 2 unspecified atom stereocenters. The molecular formula is C9H18N2O2S2. The lowest BCUT2D eigenvalue weighted by Crippen LogP contribution is -2.38. The fraction of sp³-hybridized carbons (Fsp3) is 0.778. The molecule has 15 heavy (non-hydrogen) atoms. The number of nitrogens with two attached hydrogens (primary N) is 2. The van der Waals surface area contributed by atoms with Gasteiger partial charge in [-0.05, 0) is 13.3 Å². The van der Waals surface area contributed by atoms with E-state index in [1.807, 2.05) is 6.92 Å². The molecular weight excluding hydrogens is 232 g/mol. The topological polar surface area (TPSA) is 86.2 Å². The number of Topliss-reactive ketones (excluding diaryl/α,β-unsaturated/α-hetero) is 1. The Morgan fingerprint density at radius 3 is 2.20 bits per heavy atom. The first-order valence-electron chi connectivity index (χ1n) is 4.78. The van der Waals surface area contributed by atoms with Crippen molar-refractivity contribution in [3.05, 3.63) is 0 Å². The Hall–Kier alpha value is -0.200. The van der Waals surface area contributed by atoms with E-state index in [4.69, 9.17) is 11.5 Å². The molecule has 2 atom stereocenters. The van der Waals surface area contributed by atoms with Crippen LogP contribution < -0.4 is 11.5 Å². The molecule has 0 aliphatic heterocycles. The van der Waals surface area contributed by atoms with E-state index in [0.717, 1.165) is 12.2 Å². The molecule has 0 fully saturated rings. The Bertz CT molecular complexity index is 224. The van der Waals surface area contributed by atoms with E-state index in [9.17, 15) is 9.59 Å². The summed E-state index contributed by atoms with van der Waals surface area (Å²) < 4.78 is 0. The smallest absolute Gasteiger partial charge is 0.235 e. The summed E-state index contributed by atoms with van der Waals surface area (Å²) >= 11 is 0. The molecule has 0 rings (SSSR count). The molecule has 4 N–H and O–H groups in total. The van der Waals surface area contributed by atoms with Crippen LogP contribution in [0, 0.1) is 5.92 Å². The Labute approximate surface area is 98.3 Å². The molecule has 0 aliphatic carbocycles. The van der Waals surface area contributed by atoms with Crippen molar-refractivity contribution < 1.29 is 9.59 Å². The minimum absolute atomic E-state index is 0.104. The minimum atomic E-state index is -0.597. The average molecular weight is 250 g/mol.